The van der Waals surface area contributed by atoms with E-state index in [-0.39, 0.29) is 0 Å². The molecule has 0 fully saturated rings. The smallest absolute Gasteiger partial charge is 0.00897 e. The lowest BCUT2D eigenvalue weighted by atomic mass is 9.87. The van der Waals surface area contributed by atoms with Gasteiger partial charge in [-0.25, -0.2) is 0 Å². The third kappa shape index (κ3) is 4.41. The van der Waals surface area contributed by atoms with E-state index in [4.69, 9.17) is 0 Å². The molecule has 1 nitrogen and oxygen atoms in total. The Hall–Kier alpha value is -0.0400. The minimum atomic E-state index is 0.378. The molecule has 1 N–H and O–H groups in total. The molecule has 0 radical (unpaired) electrons. The van der Waals surface area contributed by atoms with Gasteiger partial charge in [0.15, 0.2) is 0 Å². The van der Waals surface area contributed by atoms with E-state index in [1.165, 1.54) is 6.42 Å². The topological polar surface area (TPSA) is 12.0 Å². The van der Waals surface area contributed by atoms with Gasteiger partial charge in [0.05, 0.1) is 0 Å². The third-order valence-corrected chi connectivity index (χ3v) is 2.45. The lowest BCUT2D eigenvalue weighted by Gasteiger charge is -2.30. The van der Waals surface area contributed by atoms with Crippen molar-refractivity contribution in [3.63, 3.8) is 0 Å². The van der Waals surface area contributed by atoms with E-state index >= 15 is 0 Å². The van der Waals surface area contributed by atoms with E-state index in [9.17, 15) is 0 Å². The molecule has 0 saturated carbocycles. The minimum Gasteiger partial charge on any atom is -0.311 e. The Labute approximate surface area is 71.6 Å². The quantitative estimate of drug-likeness (QED) is 0.664. The van der Waals surface area contributed by atoms with E-state index in [0.717, 1.165) is 0 Å². The fourth-order valence-corrected chi connectivity index (χ4v) is 0.795. The van der Waals surface area contributed by atoms with Crippen LogP contribution in [0.4, 0.5) is 0 Å². The average molecular weight is 157 g/mol. The summed E-state index contributed by atoms with van der Waals surface area (Å²) in [5, 5.41) is 3.57. The van der Waals surface area contributed by atoms with Gasteiger partial charge in [0, 0.05) is 12.1 Å². The Morgan fingerprint density at radius 2 is 1.64 bits per heavy atom. The summed E-state index contributed by atoms with van der Waals surface area (Å²) in [6.45, 7) is 13.5. The van der Waals surface area contributed by atoms with Gasteiger partial charge in [-0.1, -0.05) is 27.7 Å². The molecule has 68 valence electrons. The van der Waals surface area contributed by atoms with Crippen molar-refractivity contribution < 1.29 is 0 Å². The monoisotopic (exact) mass is 157 g/mol. The Bertz CT molecular complexity index is 102. The van der Waals surface area contributed by atoms with Crippen molar-refractivity contribution in [1.29, 1.82) is 0 Å². The van der Waals surface area contributed by atoms with Gasteiger partial charge in [-0.05, 0) is 25.7 Å². The van der Waals surface area contributed by atoms with Crippen LogP contribution in [-0.2, 0) is 0 Å². The van der Waals surface area contributed by atoms with E-state index in [0.29, 0.717) is 17.5 Å². The third-order valence-electron chi connectivity index (χ3n) is 2.45. The summed E-state index contributed by atoms with van der Waals surface area (Å²) >= 11 is 0. The molecule has 0 bridgehead atoms. The van der Waals surface area contributed by atoms with Gasteiger partial charge in [0.1, 0.15) is 0 Å². The van der Waals surface area contributed by atoms with Crippen LogP contribution in [0.25, 0.3) is 0 Å². The molecule has 0 spiro atoms. The molecule has 0 aromatic heterocycles. The molecule has 0 amide bonds. The molecule has 2 unspecified atom stereocenters. The summed E-state index contributed by atoms with van der Waals surface area (Å²) in [5.74, 6) is 0. The zero-order chi connectivity index (χ0) is 9.07. The van der Waals surface area contributed by atoms with Crippen molar-refractivity contribution in [3.05, 3.63) is 0 Å². The normalized spacial score (nSPS) is 18.0. The summed E-state index contributed by atoms with van der Waals surface area (Å²) in [4.78, 5) is 0. The Balaban J connectivity index is 3.77. The standard InChI is InChI=1S/C10H23N/c1-7-8(2)11-9(3)10(4,5)6/h8-9,11H,7H2,1-6H3. The van der Waals surface area contributed by atoms with Crippen molar-refractivity contribution in [3.8, 4) is 0 Å². The molecule has 0 heterocycles. The summed E-state index contributed by atoms with van der Waals surface area (Å²) in [6.07, 6.45) is 1.21. The maximum atomic E-state index is 3.57. The van der Waals surface area contributed by atoms with E-state index in [1.54, 1.807) is 0 Å². The van der Waals surface area contributed by atoms with Crippen molar-refractivity contribution >= 4 is 0 Å². The molecule has 0 saturated heterocycles. The highest BCUT2D eigenvalue weighted by molar-refractivity contribution is 4.77. The molecule has 0 aliphatic rings. The second-order valence-electron chi connectivity index (χ2n) is 4.56. The van der Waals surface area contributed by atoms with E-state index in [2.05, 4.69) is 46.9 Å². The van der Waals surface area contributed by atoms with Gasteiger partial charge in [0.2, 0.25) is 0 Å². The molecule has 1 heteroatoms. The number of hydrogen-bond donors (Lipinski definition) is 1. The van der Waals surface area contributed by atoms with Gasteiger partial charge in [-0.2, -0.15) is 0 Å². The molecule has 0 aliphatic carbocycles. The summed E-state index contributed by atoms with van der Waals surface area (Å²) in [5.41, 5.74) is 0.378. The molecule has 11 heavy (non-hydrogen) atoms. The fraction of sp³-hybridized carbons (Fsp3) is 1.00. The van der Waals surface area contributed by atoms with E-state index in [1.807, 2.05) is 0 Å². The number of hydrogen-bond acceptors (Lipinski definition) is 1. The van der Waals surface area contributed by atoms with Crippen LogP contribution in [0.2, 0.25) is 0 Å². The second kappa shape index (κ2) is 4.10. The second-order valence-corrected chi connectivity index (χ2v) is 4.56. The lowest BCUT2D eigenvalue weighted by molar-refractivity contribution is 0.265. The molecular weight excluding hydrogens is 134 g/mol. The number of nitrogens with one attached hydrogen (secondary N) is 1. The molecule has 0 aromatic carbocycles. The first-order chi connectivity index (χ1) is 4.88. The maximum absolute atomic E-state index is 3.57. The van der Waals surface area contributed by atoms with Crippen molar-refractivity contribution in [2.45, 2.75) is 60.0 Å². The predicted octanol–water partition coefficient (Wildman–Crippen LogP) is 2.81. The lowest BCUT2D eigenvalue weighted by Crippen LogP contribution is -2.42. The first-order valence-electron chi connectivity index (χ1n) is 4.64. The maximum Gasteiger partial charge on any atom is 0.00897 e. The van der Waals surface area contributed by atoms with Crippen LogP contribution in [0.1, 0.15) is 48.0 Å². The molecule has 2 atom stereocenters. The van der Waals surface area contributed by atoms with Gasteiger partial charge < -0.3 is 5.32 Å². The Morgan fingerprint density at radius 3 is 1.91 bits per heavy atom. The largest absolute Gasteiger partial charge is 0.311 e. The highest BCUT2D eigenvalue weighted by atomic mass is 14.9. The van der Waals surface area contributed by atoms with Crippen molar-refractivity contribution in [2.24, 2.45) is 5.41 Å². The zero-order valence-corrected chi connectivity index (χ0v) is 8.86. The molecule has 0 aliphatic heterocycles. The first-order valence-corrected chi connectivity index (χ1v) is 4.64. The van der Waals surface area contributed by atoms with Gasteiger partial charge in [-0.3, -0.25) is 0 Å². The summed E-state index contributed by atoms with van der Waals surface area (Å²) in [7, 11) is 0. The molecule has 0 aromatic rings. The van der Waals surface area contributed by atoms with Crippen molar-refractivity contribution in [1.82, 2.24) is 5.32 Å². The van der Waals surface area contributed by atoms with Crippen LogP contribution >= 0.6 is 0 Å². The first kappa shape index (κ1) is 11.0. The molecule has 0 rings (SSSR count). The highest BCUT2D eigenvalue weighted by Gasteiger charge is 2.20. The zero-order valence-electron chi connectivity index (χ0n) is 8.86. The van der Waals surface area contributed by atoms with Crippen LogP contribution in [0.15, 0.2) is 0 Å². The van der Waals surface area contributed by atoms with E-state index < -0.39 is 0 Å². The van der Waals surface area contributed by atoms with Crippen LogP contribution in [0, 0.1) is 5.41 Å². The van der Waals surface area contributed by atoms with Crippen molar-refractivity contribution in [2.75, 3.05) is 0 Å². The SMILES string of the molecule is CCC(C)NC(C)C(C)(C)C. The van der Waals surface area contributed by atoms with Crippen LogP contribution < -0.4 is 5.32 Å². The highest BCUT2D eigenvalue weighted by Crippen LogP contribution is 2.18. The fourth-order valence-electron chi connectivity index (χ4n) is 0.795. The van der Waals surface area contributed by atoms with Crippen LogP contribution in [-0.4, -0.2) is 12.1 Å². The number of rotatable bonds is 3. The predicted molar refractivity (Wildman–Crippen MR) is 51.8 cm³/mol. The Morgan fingerprint density at radius 1 is 1.18 bits per heavy atom. The van der Waals surface area contributed by atoms with Crippen LogP contribution in [0.3, 0.4) is 0 Å². The Kier molecular flexibility index (Phi) is 4.09. The van der Waals surface area contributed by atoms with Crippen LogP contribution in [0.5, 0.6) is 0 Å². The van der Waals surface area contributed by atoms with Gasteiger partial charge >= 0.3 is 0 Å². The summed E-state index contributed by atoms with van der Waals surface area (Å²) < 4.78 is 0. The minimum absolute atomic E-state index is 0.378. The average Bonchev–Trinajstić information content (AvgIpc) is 1.85. The van der Waals surface area contributed by atoms with Gasteiger partial charge in [-0.15, -0.1) is 0 Å². The molecular formula is C10H23N. The summed E-state index contributed by atoms with van der Waals surface area (Å²) in [6, 6.07) is 1.24. The van der Waals surface area contributed by atoms with Gasteiger partial charge in [0.25, 0.3) is 0 Å².